The summed E-state index contributed by atoms with van der Waals surface area (Å²) in [5.74, 6) is -0.140. The number of anilines is 1. The van der Waals surface area contributed by atoms with Gasteiger partial charge >= 0.3 is 0 Å². The van der Waals surface area contributed by atoms with Gasteiger partial charge in [-0.25, -0.2) is 0 Å². The number of nitrogens with two attached hydrogens (primary N) is 1. The lowest BCUT2D eigenvalue weighted by Gasteiger charge is -2.31. The topological polar surface area (TPSA) is 64.4 Å². The summed E-state index contributed by atoms with van der Waals surface area (Å²) in [6.07, 6.45) is 1.12. The van der Waals surface area contributed by atoms with Crippen molar-refractivity contribution in [2.75, 3.05) is 18.5 Å². The molecule has 1 heterocycles. The maximum atomic E-state index is 12.1. The van der Waals surface area contributed by atoms with Crippen LogP contribution in [0.15, 0.2) is 28.7 Å². The molecule has 1 amide bonds. The van der Waals surface area contributed by atoms with Gasteiger partial charge in [0.05, 0.1) is 0 Å². The average molecular weight is 336 g/mol. The van der Waals surface area contributed by atoms with Crippen molar-refractivity contribution < 1.29 is 9.53 Å². The minimum atomic E-state index is -0.805. The van der Waals surface area contributed by atoms with Crippen molar-refractivity contribution >= 4 is 39.9 Å². The van der Waals surface area contributed by atoms with E-state index in [1.165, 1.54) is 0 Å². The maximum absolute atomic E-state index is 12.1. The van der Waals surface area contributed by atoms with Crippen LogP contribution in [-0.4, -0.2) is 24.7 Å². The van der Waals surface area contributed by atoms with Crippen LogP contribution < -0.4 is 11.1 Å². The Kier molecular flexibility index (Phi) is 5.59. The van der Waals surface area contributed by atoms with Crippen molar-refractivity contribution in [2.45, 2.75) is 18.4 Å². The zero-order valence-corrected chi connectivity index (χ0v) is 12.2. The molecule has 1 aromatic carbocycles. The number of carbonyl (C=O) groups excluding carboxylic acids is 1. The Morgan fingerprint density at radius 1 is 1.39 bits per heavy atom. The highest BCUT2D eigenvalue weighted by molar-refractivity contribution is 9.10. The Hall–Kier alpha value is -0.620. The highest BCUT2D eigenvalue weighted by Crippen LogP contribution is 2.21. The van der Waals surface area contributed by atoms with Crippen molar-refractivity contribution in [3.05, 3.63) is 28.7 Å². The Morgan fingerprint density at radius 2 is 2.06 bits per heavy atom. The minimum absolute atomic E-state index is 0. The lowest BCUT2D eigenvalue weighted by Crippen LogP contribution is -2.54. The molecule has 1 aromatic rings. The van der Waals surface area contributed by atoms with Gasteiger partial charge in [-0.1, -0.05) is 22.0 Å². The SMILES string of the molecule is Cl.NC1(C(=O)Nc2cccc(Br)c2)CCOCC1. The number of hydrogen-bond acceptors (Lipinski definition) is 3. The summed E-state index contributed by atoms with van der Waals surface area (Å²) in [6, 6.07) is 7.46. The molecule has 1 saturated heterocycles. The fourth-order valence-corrected chi connectivity index (χ4v) is 2.18. The summed E-state index contributed by atoms with van der Waals surface area (Å²) >= 11 is 3.36. The van der Waals surface area contributed by atoms with Gasteiger partial charge in [0, 0.05) is 23.4 Å². The maximum Gasteiger partial charge on any atom is 0.244 e. The van der Waals surface area contributed by atoms with Gasteiger partial charge in [0.1, 0.15) is 5.54 Å². The second-order valence-corrected chi connectivity index (χ2v) is 5.15. The first kappa shape index (κ1) is 15.4. The lowest BCUT2D eigenvalue weighted by atomic mass is 9.90. The van der Waals surface area contributed by atoms with Crippen molar-refractivity contribution in [1.82, 2.24) is 0 Å². The molecule has 0 aromatic heterocycles. The highest BCUT2D eigenvalue weighted by atomic mass is 79.9. The number of nitrogens with one attached hydrogen (secondary N) is 1. The van der Waals surface area contributed by atoms with Crippen LogP contribution in [0.2, 0.25) is 0 Å². The number of rotatable bonds is 2. The van der Waals surface area contributed by atoms with E-state index in [1.807, 2.05) is 24.3 Å². The summed E-state index contributed by atoms with van der Waals surface area (Å²) in [7, 11) is 0. The van der Waals surface area contributed by atoms with E-state index in [0.29, 0.717) is 26.1 Å². The number of ether oxygens (including phenoxy) is 1. The average Bonchev–Trinajstić information content (AvgIpc) is 2.30. The van der Waals surface area contributed by atoms with Crippen molar-refractivity contribution in [1.29, 1.82) is 0 Å². The molecule has 0 atom stereocenters. The molecule has 0 bridgehead atoms. The van der Waals surface area contributed by atoms with Crippen LogP contribution in [0.5, 0.6) is 0 Å². The quantitative estimate of drug-likeness (QED) is 0.872. The zero-order valence-electron chi connectivity index (χ0n) is 9.82. The van der Waals surface area contributed by atoms with Gasteiger partial charge in [0.25, 0.3) is 0 Å². The van der Waals surface area contributed by atoms with E-state index in [0.717, 1.165) is 10.2 Å². The van der Waals surface area contributed by atoms with Crippen molar-refractivity contribution in [3.63, 3.8) is 0 Å². The fraction of sp³-hybridized carbons (Fsp3) is 0.417. The standard InChI is InChI=1S/C12H15BrN2O2.ClH/c13-9-2-1-3-10(8-9)15-11(16)12(14)4-6-17-7-5-12;/h1-3,8H,4-7,14H2,(H,15,16);1H. The minimum Gasteiger partial charge on any atom is -0.381 e. The molecule has 1 aliphatic heterocycles. The zero-order chi connectivity index (χ0) is 12.3. The number of halogens is 2. The molecule has 6 heteroatoms. The van der Waals surface area contributed by atoms with E-state index in [2.05, 4.69) is 21.2 Å². The third-order valence-corrected chi connectivity index (χ3v) is 3.41. The van der Waals surface area contributed by atoms with Gasteiger partial charge in [0.2, 0.25) is 5.91 Å². The van der Waals surface area contributed by atoms with E-state index in [-0.39, 0.29) is 18.3 Å². The summed E-state index contributed by atoms with van der Waals surface area (Å²) in [5.41, 5.74) is 6.03. The third kappa shape index (κ3) is 3.68. The first-order chi connectivity index (χ1) is 8.10. The second-order valence-electron chi connectivity index (χ2n) is 4.23. The smallest absolute Gasteiger partial charge is 0.244 e. The first-order valence-electron chi connectivity index (χ1n) is 5.54. The number of benzene rings is 1. The normalized spacial score (nSPS) is 17.7. The monoisotopic (exact) mass is 334 g/mol. The summed E-state index contributed by atoms with van der Waals surface area (Å²) in [6.45, 7) is 1.09. The Bertz CT molecular complexity index is 422. The van der Waals surface area contributed by atoms with Crippen LogP contribution >= 0.6 is 28.3 Å². The molecule has 1 fully saturated rings. The highest BCUT2D eigenvalue weighted by Gasteiger charge is 2.35. The van der Waals surface area contributed by atoms with Crippen LogP contribution in [-0.2, 0) is 9.53 Å². The Morgan fingerprint density at radius 3 is 2.67 bits per heavy atom. The van der Waals surface area contributed by atoms with Crippen LogP contribution in [0.4, 0.5) is 5.69 Å². The van der Waals surface area contributed by atoms with Gasteiger partial charge in [-0.3, -0.25) is 4.79 Å². The largest absolute Gasteiger partial charge is 0.381 e. The number of amides is 1. The number of carbonyl (C=O) groups is 1. The second kappa shape index (κ2) is 6.52. The summed E-state index contributed by atoms with van der Waals surface area (Å²) in [4.78, 5) is 12.1. The summed E-state index contributed by atoms with van der Waals surface area (Å²) < 4.78 is 6.14. The fourth-order valence-electron chi connectivity index (χ4n) is 1.78. The van der Waals surface area contributed by atoms with Gasteiger partial charge in [-0.05, 0) is 31.0 Å². The molecule has 2 rings (SSSR count). The Balaban J connectivity index is 0.00000162. The van der Waals surface area contributed by atoms with Crippen LogP contribution in [0.25, 0.3) is 0 Å². The molecular formula is C12H16BrClN2O2. The molecule has 18 heavy (non-hydrogen) atoms. The van der Waals surface area contributed by atoms with E-state index in [9.17, 15) is 4.79 Å². The molecule has 3 N–H and O–H groups in total. The predicted molar refractivity (Wildman–Crippen MR) is 77.0 cm³/mol. The molecule has 0 aliphatic carbocycles. The van der Waals surface area contributed by atoms with Gasteiger partial charge in [0.15, 0.2) is 0 Å². The molecule has 0 radical (unpaired) electrons. The molecule has 4 nitrogen and oxygen atoms in total. The summed E-state index contributed by atoms with van der Waals surface area (Å²) in [5, 5.41) is 2.84. The first-order valence-corrected chi connectivity index (χ1v) is 6.33. The van der Waals surface area contributed by atoms with Gasteiger partial charge < -0.3 is 15.8 Å². The van der Waals surface area contributed by atoms with E-state index >= 15 is 0 Å². The molecule has 100 valence electrons. The Labute approximate surface area is 121 Å². The predicted octanol–water partition coefficient (Wildman–Crippen LogP) is 2.32. The molecular weight excluding hydrogens is 320 g/mol. The van der Waals surface area contributed by atoms with E-state index in [1.54, 1.807) is 0 Å². The van der Waals surface area contributed by atoms with E-state index < -0.39 is 5.54 Å². The van der Waals surface area contributed by atoms with Crippen LogP contribution in [0, 0.1) is 0 Å². The van der Waals surface area contributed by atoms with E-state index in [4.69, 9.17) is 10.5 Å². The van der Waals surface area contributed by atoms with Crippen LogP contribution in [0.3, 0.4) is 0 Å². The van der Waals surface area contributed by atoms with Crippen molar-refractivity contribution in [2.24, 2.45) is 5.73 Å². The number of hydrogen-bond donors (Lipinski definition) is 2. The third-order valence-electron chi connectivity index (χ3n) is 2.92. The molecule has 0 spiro atoms. The molecule has 1 aliphatic rings. The lowest BCUT2D eigenvalue weighted by molar-refractivity contribution is -0.124. The molecule has 0 unspecified atom stereocenters. The molecule has 0 saturated carbocycles. The van der Waals surface area contributed by atoms with Crippen LogP contribution in [0.1, 0.15) is 12.8 Å². The van der Waals surface area contributed by atoms with Gasteiger partial charge in [-0.15, -0.1) is 12.4 Å². The van der Waals surface area contributed by atoms with Crippen molar-refractivity contribution in [3.8, 4) is 0 Å². The van der Waals surface area contributed by atoms with Gasteiger partial charge in [-0.2, -0.15) is 0 Å².